The molecule has 1 aliphatic rings. The minimum Gasteiger partial charge on any atom is -0.206 e. The van der Waals surface area contributed by atoms with Crippen molar-refractivity contribution in [3.8, 4) is 0 Å². The summed E-state index contributed by atoms with van der Waals surface area (Å²) in [4.78, 5) is 0. The van der Waals surface area contributed by atoms with Gasteiger partial charge in [-0.25, -0.2) is 13.1 Å². The van der Waals surface area contributed by atoms with Crippen LogP contribution in [0.3, 0.4) is 0 Å². The van der Waals surface area contributed by atoms with Crippen LogP contribution >= 0.6 is 39.0 Å². The van der Waals surface area contributed by atoms with Crippen LogP contribution < -0.4 is 4.72 Å². The highest BCUT2D eigenvalue weighted by molar-refractivity contribution is 9.10. The average molecular weight is 328 g/mol. The van der Waals surface area contributed by atoms with Gasteiger partial charge in [0.15, 0.2) is 0 Å². The van der Waals surface area contributed by atoms with Crippen molar-refractivity contribution in [1.82, 2.24) is 4.72 Å². The van der Waals surface area contributed by atoms with Crippen molar-refractivity contribution in [3.63, 3.8) is 0 Å². The first-order valence-electron chi connectivity index (χ1n) is 4.42. The summed E-state index contributed by atoms with van der Waals surface area (Å²) in [5.41, 5.74) is 0. The van der Waals surface area contributed by atoms with Crippen molar-refractivity contribution in [3.05, 3.63) is 15.9 Å². The van der Waals surface area contributed by atoms with E-state index in [0.29, 0.717) is 8.68 Å². The molecule has 1 saturated heterocycles. The van der Waals surface area contributed by atoms with Gasteiger partial charge in [0, 0.05) is 16.3 Å². The first-order valence-corrected chi connectivity index (χ1v) is 8.74. The number of hydrogen-bond donors (Lipinski definition) is 1. The van der Waals surface area contributed by atoms with Crippen LogP contribution in [0, 0.1) is 0 Å². The van der Waals surface area contributed by atoms with E-state index in [0.717, 1.165) is 17.9 Å². The fourth-order valence-electron chi connectivity index (χ4n) is 1.37. The van der Waals surface area contributed by atoms with E-state index in [2.05, 4.69) is 20.7 Å². The number of halogens is 1. The average Bonchev–Trinajstić information content (AvgIpc) is 2.75. The first-order chi connectivity index (χ1) is 7.09. The second kappa shape index (κ2) is 4.75. The second-order valence-corrected chi connectivity index (χ2v) is 8.07. The number of rotatable bonds is 3. The number of nitrogens with one attached hydrogen (secondary N) is 1. The fourth-order valence-corrected chi connectivity index (χ4v) is 6.25. The first kappa shape index (κ1) is 11.9. The van der Waals surface area contributed by atoms with Crippen LogP contribution in [-0.2, 0) is 10.0 Å². The Morgan fingerprint density at radius 1 is 1.53 bits per heavy atom. The van der Waals surface area contributed by atoms with Gasteiger partial charge >= 0.3 is 0 Å². The van der Waals surface area contributed by atoms with Crippen LogP contribution in [-0.4, -0.2) is 26.0 Å². The predicted octanol–water partition coefficient (Wildman–Crippen LogP) is 2.29. The third-order valence-corrected chi connectivity index (χ3v) is 7.43. The highest BCUT2D eigenvalue weighted by atomic mass is 79.9. The van der Waals surface area contributed by atoms with Gasteiger partial charge in [0.2, 0.25) is 0 Å². The van der Waals surface area contributed by atoms with E-state index in [4.69, 9.17) is 0 Å². The number of sulfonamides is 1. The van der Waals surface area contributed by atoms with Gasteiger partial charge in [-0.2, -0.15) is 11.8 Å². The summed E-state index contributed by atoms with van der Waals surface area (Å²) in [7, 11) is -3.32. The molecule has 3 nitrogen and oxygen atoms in total. The lowest BCUT2D eigenvalue weighted by Crippen LogP contribution is -2.34. The molecule has 84 valence electrons. The van der Waals surface area contributed by atoms with E-state index < -0.39 is 10.0 Å². The number of thioether (sulfide) groups is 1. The molecule has 15 heavy (non-hydrogen) atoms. The highest BCUT2D eigenvalue weighted by Gasteiger charge is 2.25. The van der Waals surface area contributed by atoms with Gasteiger partial charge in [0.1, 0.15) is 4.21 Å². The minimum atomic E-state index is -3.32. The zero-order valence-corrected chi connectivity index (χ0v) is 11.8. The predicted molar refractivity (Wildman–Crippen MR) is 68.1 cm³/mol. The molecular formula is C8H10BrNO2S3. The van der Waals surface area contributed by atoms with Crippen LogP contribution in [0.2, 0.25) is 0 Å². The lowest BCUT2D eigenvalue weighted by Gasteiger charge is -2.10. The van der Waals surface area contributed by atoms with Gasteiger partial charge < -0.3 is 0 Å². The Balaban J connectivity index is 2.16. The van der Waals surface area contributed by atoms with Crippen molar-refractivity contribution in [2.45, 2.75) is 16.7 Å². The molecule has 1 atom stereocenters. The summed E-state index contributed by atoms with van der Waals surface area (Å²) >= 11 is 6.26. The molecule has 1 unspecified atom stereocenters. The molecule has 1 N–H and O–H groups in total. The van der Waals surface area contributed by atoms with Gasteiger partial charge in [0.05, 0.1) is 0 Å². The molecule has 0 aromatic carbocycles. The maximum Gasteiger partial charge on any atom is 0.251 e. The van der Waals surface area contributed by atoms with Gasteiger partial charge in [-0.3, -0.25) is 0 Å². The fraction of sp³-hybridized carbons (Fsp3) is 0.500. The lowest BCUT2D eigenvalue weighted by atomic mass is 10.3. The van der Waals surface area contributed by atoms with Crippen LogP contribution in [0.15, 0.2) is 20.1 Å². The van der Waals surface area contributed by atoms with Crippen LogP contribution in [0.4, 0.5) is 0 Å². The van der Waals surface area contributed by atoms with Crippen molar-refractivity contribution < 1.29 is 8.42 Å². The minimum absolute atomic E-state index is 0.0917. The SMILES string of the molecule is O=S(=O)(NC1CCSC1)c1sccc1Br. The van der Waals surface area contributed by atoms with E-state index in [-0.39, 0.29) is 6.04 Å². The Kier molecular flexibility index (Phi) is 3.77. The van der Waals surface area contributed by atoms with Crippen LogP contribution in [0.1, 0.15) is 6.42 Å². The molecule has 0 amide bonds. The molecule has 1 aliphatic heterocycles. The maximum atomic E-state index is 11.9. The molecular weight excluding hydrogens is 318 g/mol. The van der Waals surface area contributed by atoms with Crippen molar-refractivity contribution in [1.29, 1.82) is 0 Å². The van der Waals surface area contributed by atoms with E-state index in [1.807, 2.05) is 0 Å². The highest BCUT2D eigenvalue weighted by Crippen LogP contribution is 2.28. The summed E-state index contributed by atoms with van der Waals surface area (Å²) in [5, 5.41) is 1.77. The van der Waals surface area contributed by atoms with E-state index >= 15 is 0 Å². The van der Waals surface area contributed by atoms with E-state index in [1.165, 1.54) is 11.3 Å². The molecule has 0 saturated carbocycles. The van der Waals surface area contributed by atoms with Gasteiger partial charge in [-0.05, 0) is 39.6 Å². The Morgan fingerprint density at radius 2 is 2.33 bits per heavy atom. The normalized spacial score (nSPS) is 22.1. The molecule has 2 heterocycles. The molecule has 2 rings (SSSR count). The van der Waals surface area contributed by atoms with Crippen molar-refractivity contribution in [2.24, 2.45) is 0 Å². The molecule has 1 fully saturated rings. The number of thiophene rings is 1. The zero-order chi connectivity index (χ0) is 10.9. The maximum absolute atomic E-state index is 11.9. The van der Waals surface area contributed by atoms with Crippen LogP contribution in [0.25, 0.3) is 0 Å². The summed E-state index contributed by atoms with van der Waals surface area (Å²) < 4.78 is 27.6. The van der Waals surface area contributed by atoms with Crippen LogP contribution in [0.5, 0.6) is 0 Å². The molecule has 0 bridgehead atoms. The van der Waals surface area contributed by atoms with E-state index in [1.54, 1.807) is 23.2 Å². The second-order valence-electron chi connectivity index (χ2n) is 3.24. The zero-order valence-electron chi connectivity index (χ0n) is 7.77. The largest absolute Gasteiger partial charge is 0.251 e. The molecule has 0 radical (unpaired) electrons. The quantitative estimate of drug-likeness (QED) is 0.926. The summed E-state index contributed by atoms with van der Waals surface area (Å²) in [6, 6.07) is 1.84. The molecule has 0 spiro atoms. The third-order valence-electron chi connectivity index (χ3n) is 2.08. The van der Waals surface area contributed by atoms with Gasteiger partial charge in [-0.1, -0.05) is 0 Å². The van der Waals surface area contributed by atoms with E-state index in [9.17, 15) is 8.42 Å². The van der Waals surface area contributed by atoms with Gasteiger partial charge in [-0.15, -0.1) is 11.3 Å². The molecule has 1 aromatic rings. The summed E-state index contributed by atoms with van der Waals surface area (Å²) in [5.74, 6) is 1.92. The molecule has 0 aliphatic carbocycles. The summed E-state index contributed by atoms with van der Waals surface area (Å²) in [6.07, 6.45) is 0.924. The van der Waals surface area contributed by atoms with Crippen molar-refractivity contribution in [2.75, 3.05) is 11.5 Å². The monoisotopic (exact) mass is 327 g/mol. The topological polar surface area (TPSA) is 46.2 Å². The molecule has 7 heteroatoms. The Bertz CT molecular complexity index is 436. The Labute approximate surface area is 106 Å². The number of hydrogen-bond acceptors (Lipinski definition) is 4. The molecule has 1 aromatic heterocycles. The smallest absolute Gasteiger partial charge is 0.206 e. The Morgan fingerprint density at radius 3 is 2.87 bits per heavy atom. The summed E-state index contributed by atoms with van der Waals surface area (Å²) in [6.45, 7) is 0. The third kappa shape index (κ3) is 2.76. The van der Waals surface area contributed by atoms with Gasteiger partial charge in [0.25, 0.3) is 10.0 Å². The standard InChI is InChI=1S/C8H10BrNO2S3/c9-7-2-4-14-8(7)15(11,12)10-6-1-3-13-5-6/h2,4,6,10H,1,3,5H2. The Hall–Kier alpha value is 0.440. The van der Waals surface area contributed by atoms with Crippen molar-refractivity contribution >= 4 is 49.1 Å². The lowest BCUT2D eigenvalue weighted by molar-refractivity contribution is 0.565.